The lowest BCUT2D eigenvalue weighted by Gasteiger charge is -2.38. The van der Waals surface area contributed by atoms with Gasteiger partial charge in [0, 0.05) is 6.61 Å². The van der Waals surface area contributed by atoms with E-state index < -0.39 is 31.1 Å². The highest BCUT2D eigenvalue weighted by Crippen LogP contribution is 2.41. The van der Waals surface area contributed by atoms with Gasteiger partial charge in [0.1, 0.15) is 13.2 Å². The van der Waals surface area contributed by atoms with Crippen molar-refractivity contribution in [3.63, 3.8) is 0 Å². The molecule has 0 radical (unpaired) electrons. The zero-order chi connectivity index (χ0) is 31.5. The summed E-state index contributed by atoms with van der Waals surface area (Å²) in [7, 11) is 0. The second kappa shape index (κ2) is 16.9. The van der Waals surface area contributed by atoms with Crippen LogP contribution < -0.4 is 0 Å². The van der Waals surface area contributed by atoms with E-state index in [1.54, 1.807) is 0 Å². The molecule has 2 aliphatic rings. The lowest BCUT2D eigenvalue weighted by molar-refractivity contribution is -0.142. The molecule has 1 aliphatic heterocycles. The van der Waals surface area contributed by atoms with Gasteiger partial charge in [0.05, 0.1) is 36.4 Å². The lowest BCUT2D eigenvalue weighted by atomic mass is 9.74. The van der Waals surface area contributed by atoms with Crippen LogP contribution in [0.2, 0.25) is 0 Å². The van der Waals surface area contributed by atoms with E-state index in [4.69, 9.17) is 14.2 Å². The van der Waals surface area contributed by atoms with E-state index in [2.05, 4.69) is 44.3 Å². The van der Waals surface area contributed by atoms with Gasteiger partial charge in [-0.05, 0) is 84.6 Å². The summed E-state index contributed by atoms with van der Waals surface area (Å²) in [5.74, 6) is 0.122. The number of hydrogen-bond donors (Lipinski definition) is 2. The van der Waals surface area contributed by atoms with Gasteiger partial charge in [-0.2, -0.15) is 0 Å². The number of aliphatic hydroxyl groups excluding tert-OH is 2. The molecule has 7 nitrogen and oxygen atoms in total. The first-order valence-electron chi connectivity index (χ1n) is 16.4. The topological polar surface area (TPSA) is 102 Å². The van der Waals surface area contributed by atoms with Crippen LogP contribution in [0.1, 0.15) is 94.1 Å². The van der Waals surface area contributed by atoms with Gasteiger partial charge in [-0.15, -0.1) is 0 Å². The van der Waals surface area contributed by atoms with Crippen LogP contribution in [0.5, 0.6) is 0 Å². The molecule has 1 aliphatic carbocycles. The average Bonchev–Trinajstić information content (AvgIpc) is 3.07. The maximum atomic E-state index is 12.1. The number of unbranched alkanes of at least 4 members (excludes halogenated alkanes) is 2. The fourth-order valence-corrected chi connectivity index (χ4v) is 6.65. The van der Waals surface area contributed by atoms with Crippen molar-refractivity contribution in [3.8, 4) is 0 Å². The van der Waals surface area contributed by atoms with Gasteiger partial charge < -0.3 is 24.4 Å². The Kier molecular flexibility index (Phi) is 13.0. The van der Waals surface area contributed by atoms with Crippen molar-refractivity contribution in [1.82, 2.24) is 0 Å². The summed E-state index contributed by atoms with van der Waals surface area (Å²) >= 11 is 0. The molecule has 2 aromatic rings. The third-order valence-electron chi connectivity index (χ3n) is 9.54. The molecule has 2 atom stereocenters. The molecule has 2 N–H and O–H groups in total. The van der Waals surface area contributed by atoms with E-state index in [0.717, 1.165) is 28.9 Å². The molecule has 2 aromatic carbocycles. The van der Waals surface area contributed by atoms with Crippen LogP contribution in [0.15, 0.2) is 60.7 Å². The molecule has 0 aromatic heterocycles. The predicted octanol–water partition coefficient (Wildman–Crippen LogP) is 6.76. The number of aliphatic hydroxyl groups is 2. The molecule has 44 heavy (non-hydrogen) atoms. The molecule has 2 unspecified atom stereocenters. The molecule has 240 valence electrons. The monoisotopic (exact) mass is 606 g/mol. The second-order valence-electron chi connectivity index (χ2n) is 12.7. The van der Waals surface area contributed by atoms with Crippen molar-refractivity contribution in [2.24, 2.45) is 11.8 Å². The predicted molar refractivity (Wildman–Crippen MR) is 172 cm³/mol. The highest BCUT2D eigenvalue weighted by molar-refractivity contribution is 5.88. The number of rotatable bonds is 15. The first kappa shape index (κ1) is 33.9. The molecule has 0 spiro atoms. The quantitative estimate of drug-likeness (QED) is 0.131. The van der Waals surface area contributed by atoms with E-state index in [1.807, 2.05) is 12.1 Å². The summed E-state index contributed by atoms with van der Waals surface area (Å²) in [6, 6.07) is 12.7. The third kappa shape index (κ3) is 9.26. The van der Waals surface area contributed by atoms with Gasteiger partial charge in [-0.1, -0.05) is 75.7 Å². The minimum atomic E-state index is -0.703. The Hall–Kier alpha value is -3.00. The SMILES string of the molecule is C=C(CO)C(=O)OCC(COC(=O)C(=C)CO)c1ccc2cc(C3CCC(C4CCC(CCCCC)CO4)CC3)ccc2c1. The van der Waals surface area contributed by atoms with Gasteiger partial charge in [-0.25, -0.2) is 9.59 Å². The van der Waals surface area contributed by atoms with Gasteiger partial charge in [0.25, 0.3) is 0 Å². The summed E-state index contributed by atoms with van der Waals surface area (Å²) < 4.78 is 17.1. The fraction of sp³-hybridized carbons (Fsp3) is 0.568. The first-order chi connectivity index (χ1) is 21.3. The molecule has 0 amide bonds. The smallest absolute Gasteiger partial charge is 0.335 e. The number of esters is 2. The van der Waals surface area contributed by atoms with Crippen molar-refractivity contribution >= 4 is 22.7 Å². The average molecular weight is 607 g/mol. The minimum Gasteiger partial charge on any atom is -0.461 e. The first-order valence-corrected chi connectivity index (χ1v) is 16.4. The maximum absolute atomic E-state index is 12.1. The van der Waals surface area contributed by atoms with E-state index in [9.17, 15) is 19.8 Å². The Morgan fingerprint density at radius 1 is 0.864 bits per heavy atom. The van der Waals surface area contributed by atoms with Crippen LogP contribution in [-0.4, -0.2) is 61.3 Å². The third-order valence-corrected chi connectivity index (χ3v) is 9.54. The van der Waals surface area contributed by atoms with Gasteiger partial charge in [0.15, 0.2) is 0 Å². The molecule has 2 fully saturated rings. The highest BCUT2D eigenvalue weighted by atomic mass is 16.5. The zero-order valence-corrected chi connectivity index (χ0v) is 26.3. The summed E-state index contributed by atoms with van der Waals surface area (Å²) in [6.07, 6.45) is 13.1. The molecule has 4 rings (SSSR count). The molecule has 1 saturated heterocycles. The van der Waals surface area contributed by atoms with Crippen LogP contribution in [0, 0.1) is 11.8 Å². The molecular weight excluding hydrogens is 556 g/mol. The summed E-state index contributed by atoms with van der Waals surface area (Å²) in [4.78, 5) is 24.3. The summed E-state index contributed by atoms with van der Waals surface area (Å²) in [5.41, 5.74) is 2.11. The van der Waals surface area contributed by atoms with Crippen LogP contribution >= 0.6 is 0 Å². The van der Waals surface area contributed by atoms with Crippen LogP contribution in [-0.2, 0) is 23.8 Å². The van der Waals surface area contributed by atoms with E-state index >= 15 is 0 Å². The number of fused-ring (bicyclic) bond motifs is 1. The molecular formula is C37H50O7. The van der Waals surface area contributed by atoms with Crippen molar-refractivity contribution in [3.05, 3.63) is 71.8 Å². The minimum absolute atomic E-state index is 0.0489. The molecule has 1 saturated carbocycles. The Morgan fingerprint density at radius 3 is 2.09 bits per heavy atom. The number of ether oxygens (including phenoxy) is 3. The molecule has 7 heteroatoms. The van der Waals surface area contributed by atoms with Gasteiger partial charge in [-0.3, -0.25) is 0 Å². The maximum Gasteiger partial charge on any atom is 0.335 e. The van der Waals surface area contributed by atoms with Crippen molar-refractivity contribution in [1.29, 1.82) is 0 Å². The Balaban J connectivity index is 1.36. The van der Waals surface area contributed by atoms with Crippen LogP contribution in [0.25, 0.3) is 10.8 Å². The molecule has 0 bridgehead atoms. The van der Waals surface area contributed by atoms with E-state index in [-0.39, 0.29) is 24.4 Å². The second-order valence-corrected chi connectivity index (χ2v) is 12.7. The van der Waals surface area contributed by atoms with Crippen molar-refractivity contribution in [2.45, 2.75) is 89.1 Å². The number of carbonyl (C=O) groups is 2. The lowest BCUT2D eigenvalue weighted by Crippen LogP contribution is -2.34. The van der Waals surface area contributed by atoms with Gasteiger partial charge >= 0.3 is 11.9 Å². The highest BCUT2D eigenvalue weighted by Gasteiger charge is 2.32. The number of carbonyl (C=O) groups excluding carboxylic acids is 2. The van der Waals surface area contributed by atoms with Crippen LogP contribution in [0.4, 0.5) is 0 Å². The van der Waals surface area contributed by atoms with E-state index in [1.165, 1.54) is 69.8 Å². The molecule has 1 heterocycles. The zero-order valence-electron chi connectivity index (χ0n) is 26.3. The van der Waals surface area contributed by atoms with Crippen molar-refractivity contribution in [2.75, 3.05) is 33.0 Å². The van der Waals surface area contributed by atoms with Crippen LogP contribution in [0.3, 0.4) is 0 Å². The standard InChI is InChI=1S/C37H50O7/c1-4-5-6-7-27-8-17-35(42-22-27)29-11-9-28(10-12-29)30-13-14-32-19-33(16-15-31(32)18-30)34(23-43-36(40)25(2)20-38)24-44-37(41)26(3)21-39/h13-16,18-19,27-29,34-35,38-39H,2-12,17,20-24H2,1H3. The van der Waals surface area contributed by atoms with Gasteiger partial charge in [0.2, 0.25) is 0 Å². The van der Waals surface area contributed by atoms with Crippen molar-refractivity contribution < 1.29 is 34.0 Å². The Morgan fingerprint density at radius 2 is 1.50 bits per heavy atom. The Bertz CT molecular complexity index is 1240. The normalized spacial score (nSPS) is 22.1. The summed E-state index contributed by atoms with van der Waals surface area (Å²) in [6.45, 7) is 9.10. The number of hydrogen-bond acceptors (Lipinski definition) is 7. The Labute approximate surface area is 262 Å². The summed E-state index contributed by atoms with van der Waals surface area (Å²) in [5, 5.41) is 20.6. The largest absolute Gasteiger partial charge is 0.461 e. The fourth-order valence-electron chi connectivity index (χ4n) is 6.65. The number of benzene rings is 2. The van der Waals surface area contributed by atoms with E-state index in [0.29, 0.717) is 17.9 Å².